The van der Waals surface area contributed by atoms with Gasteiger partial charge in [-0.05, 0) is 18.4 Å². The smallest absolute Gasteiger partial charge is 0.238 e. The fourth-order valence-corrected chi connectivity index (χ4v) is 1.66. The number of amides is 1. The minimum atomic E-state index is -0.0449. The van der Waals surface area contributed by atoms with Crippen molar-refractivity contribution in [3.63, 3.8) is 0 Å². The number of carbonyl (C=O) groups excluding carboxylic acids is 1. The standard InChI is InChI=1S/C13H20N2O2S/c1-10(18-3)8-14-9-13(16)15-11-5-4-6-12(7-11)17-2/h4-7,10,14H,8-9H2,1-3H3,(H,15,16). The highest BCUT2D eigenvalue weighted by molar-refractivity contribution is 7.99. The van der Waals surface area contributed by atoms with Crippen LogP contribution in [0.15, 0.2) is 24.3 Å². The first-order chi connectivity index (χ1) is 8.65. The highest BCUT2D eigenvalue weighted by Gasteiger charge is 2.04. The molecule has 1 rings (SSSR count). The van der Waals surface area contributed by atoms with E-state index < -0.39 is 0 Å². The van der Waals surface area contributed by atoms with Crippen molar-refractivity contribution in [2.24, 2.45) is 0 Å². The Bertz CT molecular complexity index is 385. The molecule has 5 heteroatoms. The molecule has 4 nitrogen and oxygen atoms in total. The molecule has 100 valence electrons. The van der Waals surface area contributed by atoms with Crippen LogP contribution in [0.4, 0.5) is 5.69 Å². The van der Waals surface area contributed by atoms with E-state index in [1.165, 1.54) is 0 Å². The maximum atomic E-state index is 11.7. The number of ether oxygens (including phenoxy) is 1. The van der Waals surface area contributed by atoms with Crippen LogP contribution in [0.3, 0.4) is 0 Å². The van der Waals surface area contributed by atoms with E-state index in [4.69, 9.17) is 4.74 Å². The molecular weight excluding hydrogens is 248 g/mol. The van der Waals surface area contributed by atoms with E-state index in [1.807, 2.05) is 18.2 Å². The van der Waals surface area contributed by atoms with Gasteiger partial charge < -0.3 is 15.4 Å². The Morgan fingerprint density at radius 1 is 1.50 bits per heavy atom. The molecular formula is C13H20N2O2S. The molecule has 0 aromatic heterocycles. The monoisotopic (exact) mass is 268 g/mol. The van der Waals surface area contributed by atoms with E-state index in [-0.39, 0.29) is 5.91 Å². The molecule has 1 atom stereocenters. The minimum absolute atomic E-state index is 0.0449. The van der Waals surface area contributed by atoms with Crippen molar-refractivity contribution in [1.82, 2.24) is 5.32 Å². The van der Waals surface area contributed by atoms with E-state index in [9.17, 15) is 4.79 Å². The Hall–Kier alpha value is -1.20. The predicted molar refractivity (Wildman–Crippen MR) is 77.5 cm³/mol. The summed E-state index contributed by atoms with van der Waals surface area (Å²) in [7, 11) is 1.60. The molecule has 0 saturated heterocycles. The van der Waals surface area contributed by atoms with E-state index in [1.54, 1.807) is 24.9 Å². The lowest BCUT2D eigenvalue weighted by atomic mass is 10.3. The number of carbonyl (C=O) groups is 1. The second kappa shape index (κ2) is 8.00. The van der Waals surface area contributed by atoms with Gasteiger partial charge in [-0.2, -0.15) is 11.8 Å². The first kappa shape index (κ1) is 14.9. The maximum Gasteiger partial charge on any atom is 0.238 e. The van der Waals surface area contributed by atoms with E-state index in [0.29, 0.717) is 11.8 Å². The summed E-state index contributed by atoms with van der Waals surface area (Å²) in [6.45, 7) is 3.27. The van der Waals surface area contributed by atoms with Crippen LogP contribution < -0.4 is 15.4 Å². The summed E-state index contributed by atoms with van der Waals surface area (Å²) in [6.07, 6.45) is 2.06. The second-order valence-corrected chi connectivity index (χ2v) is 5.23. The van der Waals surface area contributed by atoms with Gasteiger partial charge in [-0.1, -0.05) is 13.0 Å². The summed E-state index contributed by atoms with van der Waals surface area (Å²) in [4.78, 5) is 11.7. The first-order valence-corrected chi connectivity index (χ1v) is 7.12. The molecule has 1 aromatic carbocycles. The third-order valence-corrected chi connectivity index (χ3v) is 3.44. The molecule has 0 aliphatic heterocycles. The number of rotatable bonds is 7. The molecule has 0 saturated carbocycles. The minimum Gasteiger partial charge on any atom is -0.497 e. The van der Waals surface area contributed by atoms with Crippen LogP contribution >= 0.6 is 11.8 Å². The highest BCUT2D eigenvalue weighted by Crippen LogP contribution is 2.16. The molecule has 1 amide bonds. The Morgan fingerprint density at radius 3 is 2.94 bits per heavy atom. The van der Waals surface area contributed by atoms with Gasteiger partial charge in [-0.3, -0.25) is 4.79 Å². The fraction of sp³-hybridized carbons (Fsp3) is 0.462. The third kappa shape index (κ3) is 5.42. The van der Waals surface area contributed by atoms with Crippen molar-refractivity contribution in [3.8, 4) is 5.75 Å². The van der Waals surface area contributed by atoms with Crippen molar-refractivity contribution >= 4 is 23.4 Å². The summed E-state index contributed by atoms with van der Waals surface area (Å²) in [6, 6.07) is 7.32. The van der Waals surface area contributed by atoms with E-state index in [0.717, 1.165) is 18.0 Å². The zero-order valence-electron chi connectivity index (χ0n) is 11.0. The molecule has 0 aliphatic rings. The van der Waals surface area contributed by atoms with Crippen LogP contribution in [-0.4, -0.2) is 37.6 Å². The van der Waals surface area contributed by atoms with Crippen molar-refractivity contribution in [3.05, 3.63) is 24.3 Å². The van der Waals surface area contributed by atoms with Crippen LogP contribution in [0, 0.1) is 0 Å². The number of thioether (sulfide) groups is 1. The quantitative estimate of drug-likeness (QED) is 0.794. The maximum absolute atomic E-state index is 11.7. The Kier molecular flexibility index (Phi) is 6.60. The highest BCUT2D eigenvalue weighted by atomic mass is 32.2. The van der Waals surface area contributed by atoms with Gasteiger partial charge in [0.2, 0.25) is 5.91 Å². The number of methoxy groups -OCH3 is 1. The molecule has 0 aliphatic carbocycles. The van der Waals surface area contributed by atoms with Gasteiger partial charge in [-0.15, -0.1) is 0 Å². The number of hydrogen-bond acceptors (Lipinski definition) is 4. The van der Waals surface area contributed by atoms with Gasteiger partial charge >= 0.3 is 0 Å². The number of benzene rings is 1. The van der Waals surface area contributed by atoms with Gasteiger partial charge in [0.05, 0.1) is 13.7 Å². The Morgan fingerprint density at radius 2 is 2.28 bits per heavy atom. The van der Waals surface area contributed by atoms with Crippen LogP contribution in [-0.2, 0) is 4.79 Å². The largest absolute Gasteiger partial charge is 0.497 e. The summed E-state index contributed by atoms with van der Waals surface area (Å²) < 4.78 is 5.09. The van der Waals surface area contributed by atoms with E-state index in [2.05, 4.69) is 23.8 Å². The van der Waals surface area contributed by atoms with Crippen LogP contribution in [0.2, 0.25) is 0 Å². The van der Waals surface area contributed by atoms with Crippen molar-refractivity contribution in [2.75, 3.05) is 31.8 Å². The van der Waals surface area contributed by atoms with Crippen molar-refractivity contribution < 1.29 is 9.53 Å². The molecule has 0 radical (unpaired) electrons. The van der Waals surface area contributed by atoms with Crippen molar-refractivity contribution in [2.45, 2.75) is 12.2 Å². The van der Waals surface area contributed by atoms with Gasteiger partial charge in [-0.25, -0.2) is 0 Å². The molecule has 0 heterocycles. The lowest BCUT2D eigenvalue weighted by molar-refractivity contribution is -0.115. The molecule has 18 heavy (non-hydrogen) atoms. The molecule has 0 spiro atoms. The average Bonchev–Trinajstić information content (AvgIpc) is 2.38. The number of nitrogens with one attached hydrogen (secondary N) is 2. The first-order valence-electron chi connectivity index (χ1n) is 5.83. The molecule has 0 bridgehead atoms. The molecule has 1 unspecified atom stereocenters. The Labute approximate surface area is 112 Å². The fourth-order valence-electron chi connectivity index (χ4n) is 1.38. The molecule has 2 N–H and O–H groups in total. The van der Waals surface area contributed by atoms with Gasteiger partial charge in [0.1, 0.15) is 5.75 Å². The molecule has 1 aromatic rings. The lowest BCUT2D eigenvalue weighted by Crippen LogP contribution is -2.31. The zero-order chi connectivity index (χ0) is 13.4. The topological polar surface area (TPSA) is 50.4 Å². The number of hydrogen-bond donors (Lipinski definition) is 2. The van der Waals surface area contributed by atoms with Crippen LogP contribution in [0.5, 0.6) is 5.75 Å². The summed E-state index contributed by atoms with van der Waals surface area (Å²) in [5, 5.41) is 6.45. The Balaban J connectivity index is 2.35. The van der Waals surface area contributed by atoms with Crippen molar-refractivity contribution in [1.29, 1.82) is 0 Å². The van der Waals surface area contributed by atoms with Gasteiger partial charge in [0, 0.05) is 23.5 Å². The summed E-state index contributed by atoms with van der Waals surface area (Å²) in [5.41, 5.74) is 0.749. The summed E-state index contributed by atoms with van der Waals surface area (Å²) >= 11 is 1.77. The zero-order valence-corrected chi connectivity index (χ0v) is 11.8. The predicted octanol–water partition coefficient (Wildman–Crippen LogP) is 1.97. The SMILES string of the molecule is COc1cccc(NC(=O)CNCC(C)SC)c1. The molecule has 0 fully saturated rings. The third-order valence-electron chi connectivity index (χ3n) is 2.47. The number of anilines is 1. The van der Waals surface area contributed by atoms with Crippen LogP contribution in [0.1, 0.15) is 6.92 Å². The second-order valence-electron chi connectivity index (χ2n) is 3.96. The van der Waals surface area contributed by atoms with Gasteiger partial charge in [0.15, 0.2) is 0 Å². The lowest BCUT2D eigenvalue weighted by Gasteiger charge is -2.10. The van der Waals surface area contributed by atoms with Gasteiger partial charge in [0.25, 0.3) is 0 Å². The normalized spacial score (nSPS) is 11.9. The summed E-state index contributed by atoms with van der Waals surface area (Å²) in [5.74, 6) is 0.688. The average molecular weight is 268 g/mol. The van der Waals surface area contributed by atoms with E-state index >= 15 is 0 Å². The van der Waals surface area contributed by atoms with Crippen LogP contribution in [0.25, 0.3) is 0 Å².